The van der Waals surface area contributed by atoms with Gasteiger partial charge in [-0.05, 0) is 137 Å². The lowest BCUT2D eigenvalue weighted by molar-refractivity contribution is -0.145. The van der Waals surface area contributed by atoms with Crippen LogP contribution in [-0.2, 0) is 91.2 Å². The first-order valence-electron chi connectivity index (χ1n) is 39.1. The molecule has 0 radical (unpaired) electrons. The number of nitrogens with zero attached hydrogens (tertiary/aromatic N) is 2. The van der Waals surface area contributed by atoms with Gasteiger partial charge in [0.25, 0.3) is 0 Å². The summed E-state index contributed by atoms with van der Waals surface area (Å²) in [5, 5.41) is 80.4. The number of carbonyl (C=O) groups excluding carboxylic acids is 13. The fraction of sp³-hybridized carbons (Fsp3) is 0.570. The molecule has 0 bridgehead atoms. The summed E-state index contributed by atoms with van der Waals surface area (Å²) < 4.78 is 0. The van der Waals surface area contributed by atoms with Crippen LogP contribution in [0.1, 0.15) is 143 Å². The summed E-state index contributed by atoms with van der Waals surface area (Å²) in [7, 11) is 0. The van der Waals surface area contributed by atoms with Gasteiger partial charge < -0.3 is 111 Å². The molecule has 15 atom stereocenters. The number of aliphatic hydroxyl groups is 2. The number of guanidine groups is 1. The van der Waals surface area contributed by atoms with Crippen molar-refractivity contribution in [3.8, 4) is 5.75 Å². The van der Waals surface area contributed by atoms with E-state index < -0.39 is 199 Å². The fourth-order valence-electron chi connectivity index (χ4n) is 12.6. The van der Waals surface area contributed by atoms with E-state index >= 15 is 4.79 Å². The Bertz CT molecular complexity index is 3860. The maximum atomic E-state index is 15.1. The molecular weight excluding hydrogens is 1540 g/mol. The summed E-state index contributed by atoms with van der Waals surface area (Å²) in [5.41, 5.74) is 18.1. The van der Waals surface area contributed by atoms with Gasteiger partial charge in [-0.1, -0.05) is 114 Å². The number of aliphatic hydroxyl groups excluding tert-OH is 2. The average molecular weight is 1660 g/mol. The lowest BCUT2D eigenvalue weighted by Gasteiger charge is -2.31. The molecule has 38 heteroatoms. The van der Waals surface area contributed by atoms with E-state index in [-0.39, 0.29) is 107 Å². The summed E-state index contributed by atoms with van der Waals surface area (Å²) in [6, 6.07) is 2.50. The van der Waals surface area contributed by atoms with Crippen LogP contribution >= 0.6 is 11.8 Å². The Kier molecular flexibility index (Phi) is 41.9. The summed E-state index contributed by atoms with van der Waals surface area (Å²) in [6.07, 6.45) is -1.03. The van der Waals surface area contributed by atoms with Crippen LogP contribution < -0.4 is 81.0 Å². The zero-order valence-corrected chi connectivity index (χ0v) is 68.7. The molecule has 1 saturated heterocycles. The van der Waals surface area contributed by atoms with Crippen LogP contribution in [0.5, 0.6) is 5.75 Å². The smallest absolute Gasteiger partial charge is 0.328 e. The monoisotopic (exact) mass is 1660 g/mol. The zero-order valence-electron chi connectivity index (χ0n) is 67.9. The van der Waals surface area contributed by atoms with E-state index in [9.17, 15) is 92.7 Å². The Hall–Kier alpha value is -11.0. The second-order valence-corrected chi connectivity index (χ2v) is 31.3. The molecule has 0 aliphatic carbocycles. The maximum absolute atomic E-state index is 15.1. The second kappa shape index (κ2) is 49.8. The van der Waals surface area contributed by atoms with Gasteiger partial charge in [0.15, 0.2) is 12.0 Å². The number of aromatic hydroxyl groups is 1. The maximum Gasteiger partial charge on any atom is 0.328 e. The quantitative estimate of drug-likeness (QED) is 0.0163. The van der Waals surface area contributed by atoms with Crippen molar-refractivity contribution in [2.75, 3.05) is 31.7 Å². The molecule has 37 nitrogen and oxygen atoms in total. The van der Waals surface area contributed by atoms with E-state index in [1.165, 1.54) is 61.7 Å². The second-order valence-electron chi connectivity index (χ2n) is 30.4. The number of aliphatic imine (C=N–C) groups is 1. The predicted octanol–water partition coefficient (Wildman–Crippen LogP) is -2.14. The number of hydrogen-bond acceptors (Lipinski definition) is 21. The molecule has 117 heavy (non-hydrogen) atoms. The molecule has 1 heterocycles. The van der Waals surface area contributed by atoms with E-state index in [1.54, 1.807) is 108 Å². The number of phenols is 1. The highest BCUT2D eigenvalue weighted by atomic mass is 32.2. The van der Waals surface area contributed by atoms with Crippen LogP contribution in [0.25, 0.3) is 0 Å². The lowest BCUT2D eigenvalue weighted by Crippen LogP contribution is -2.61. The van der Waals surface area contributed by atoms with Crippen LogP contribution in [0.4, 0.5) is 0 Å². The number of phenolic OH excluding ortho intramolecular Hbond substituents is 1. The third-order valence-electron chi connectivity index (χ3n) is 18.9. The van der Waals surface area contributed by atoms with Gasteiger partial charge in [0, 0.05) is 38.8 Å². The van der Waals surface area contributed by atoms with Gasteiger partial charge in [-0.3, -0.25) is 72.1 Å². The number of carboxylic acid groups (broad SMARTS) is 2. The SMILES string of the molecule is CSCC[C@H](NC(=O)[C@H](C)NC(=O)[C@H](CC(C)C)NC(=O)[C@H](Cc1ccc(O)cc1)NC(=O)[C@H](Cc1ccccc1)NC(=O)[C@H](CCC(=O)O)NC(=O)[C@H](CC(C)C)NC(=O)[C@H](CC(C)C)NC(=O)[C@H](CCCN=C(N)N)NC(=O)[C@@H](N)CO)C(=O)N1CCC[C@H]1C(=O)N[C@@H](Cc1ccccc1)C(=O)N[C@@H](C)C(=O)N[C@H](C(=O)O)[C@@H](C)O. The summed E-state index contributed by atoms with van der Waals surface area (Å²) in [4.78, 5) is 215. The molecule has 23 N–H and O–H groups in total. The largest absolute Gasteiger partial charge is 0.508 e. The Morgan fingerprint density at radius 3 is 1.29 bits per heavy atom. The average Bonchev–Trinajstić information content (AvgIpc) is 1.75. The van der Waals surface area contributed by atoms with Gasteiger partial charge in [0.1, 0.15) is 84.3 Å². The molecule has 0 unspecified atom stereocenters. The van der Waals surface area contributed by atoms with E-state index in [2.05, 4.69) is 68.8 Å². The van der Waals surface area contributed by atoms with Crippen molar-refractivity contribution in [1.82, 2.24) is 68.7 Å². The third kappa shape index (κ3) is 34.8. The van der Waals surface area contributed by atoms with Crippen molar-refractivity contribution < 1.29 is 97.5 Å². The molecule has 13 amide bonds. The Morgan fingerprint density at radius 1 is 0.479 bits per heavy atom. The van der Waals surface area contributed by atoms with E-state index in [0.717, 1.165) is 0 Å². The van der Waals surface area contributed by atoms with Gasteiger partial charge in [0.05, 0.1) is 12.7 Å². The van der Waals surface area contributed by atoms with Crippen molar-refractivity contribution in [3.63, 3.8) is 0 Å². The van der Waals surface area contributed by atoms with E-state index in [0.29, 0.717) is 28.9 Å². The zero-order chi connectivity index (χ0) is 87.3. The number of carboxylic acids is 2. The standard InChI is InChI=1S/C79H119N17O20S/c1-42(2)35-56(70(107)84-45(7)65(102)88-55(31-34-117-10)77(114)96-33-18-24-62(96)76(113)94-59(38-48-19-13-11-14-20-48)71(108)85-46(8)66(103)95-64(47(9)98)78(115)116)90-74(111)61(40-50-25-27-51(99)28-26-50)93-75(112)60(39-49-21-15-12-16-22-49)92-69(106)54(29-30-63(100)101)87-72(109)57(36-43(3)4)91-73(110)58(37-44(5)6)89-68(105)53(23-17-32-83-79(81)82)86-67(104)52(80)41-97/h11-16,19-22,25-28,42-47,52-62,64,97-99H,17-18,23-24,29-41,80H2,1-10H3,(H,84,107)(H,85,108)(H,86,104)(H,87,109)(H,88,102)(H,89,105)(H,90,111)(H,91,110)(H,92,106)(H,93,112)(H,94,113)(H,95,103)(H,100,101)(H,115,116)(H4,81,82,83)/t45-,46-,47+,52-,53-,54-,55-,56-,57-,58-,59-,60-,61-,62-,64-/m0/s1. The van der Waals surface area contributed by atoms with Gasteiger partial charge in [-0.25, -0.2) is 4.79 Å². The van der Waals surface area contributed by atoms with Gasteiger partial charge in [-0.2, -0.15) is 11.8 Å². The Labute approximate surface area is 685 Å². The molecule has 1 aliphatic rings. The number of nitrogens with one attached hydrogen (secondary N) is 12. The predicted molar refractivity (Wildman–Crippen MR) is 434 cm³/mol. The Balaban J connectivity index is 1.61. The Morgan fingerprint density at radius 2 is 0.863 bits per heavy atom. The number of benzene rings is 3. The van der Waals surface area contributed by atoms with Crippen molar-refractivity contribution in [1.29, 1.82) is 0 Å². The van der Waals surface area contributed by atoms with Crippen molar-refractivity contribution in [2.45, 2.75) is 236 Å². The topological polar surface area (TPSA) is 595 Å². The minimum atomic E-state index is -1.71. The number of aliphatic carboxylic acids is 2. The minimum absolute atomic E-state index is 0.00800. The van der Waals surface area contributed by atoms with Crippen molar-refractivity contribution >= 4 is 106 Å². The highest BCUT2D eigenvalue weighted by Crippen LogP contribution is 2.22. The molecule has 1 aliphatic heterocycles. The lowest BCUT2D eigenvalue weighted by atomic mass is 9.99. The number of nitrogens with two attached hydrogens (primary N) is 3. The molecule has 1 fully saturated rings. The van der Waals surface area contributed by atoms with Gasteiger partial charge in [0.2, 0.25) is 76.8 Å². The fourth-order valence-corrected chi connectivity index (χ4v) is 13.1. The van der Waals surface area contributed by atoms with Crippen LogP contribution in [0, 0.1) is 17.8 Å². The number of carbonyl (C=O) groups is 15. The number of rotatable bonds is 50. The first-order chi connectivity index (χ1) is 55.2. The van der Waals surface area contributed by atoms with Crippen LogP contribution in [-0.4, -0.2) is 248 Å². The van der Waals surface area contributed by atoms with Gasteiger partial charge in [-0.15, -0.1) is 0 Å². The molecule has 4 rings (SSSR count). The summed E-state index contributed by atoms with van der Waals surface area (Å²) >= 11 is 1.36. The van der Waals surface area contributed by atoms with Crippen LogP contribution in [0.3, 0.4) is 0 Å². The van der Waals surface area contributed by atoms with Crippen molar-refractivity contribution in [2.24, 2.45) is 39.9 Å². The van der Waals surface area contributed by atoms with Gasteiger partial charge >= 0.3 is 11.9 Å². The molecule has 0 spiro atoms. The molecule has 3 aromatic rings. The summed E-state index contributed by atoms with van der Waals surface area (Å²) in [5.74, 6) is -15.1. The van der Waals surface area contributed by atoms with Crippen LogP contribution in [0.15, 0.2) is 89.9 Å². The van der Waals surface area contributed by atoms with E-state index in [1.807, 2.05) is 0 Å². The highest BCUT2D eigenvalue weighted by molar-refractivity contribution is 7.98. The normalized spacial score (nSPS) is 16.1. The van der Waals surface area contributed by atoms with Crippen LogP contribution in [0.2, 0.25) is 0 Å². The summed E-state index contributed by atoms with van der Waals surface area (Å²) in [6.45, 7) is 13.7. The highest BCUT2D eigenvalue weighted by Gasteiger charge is 2.42. The molecular formula is C79H119N17O20S. The minimum Gasteiger partial charge on any atom is -0.508 e. The van der Waals surface area contributed by atoms with Crippen molar-refractivity contribution in [3.05, 3.63) is 102 Å². The molecule has 0 saturated carbocycles. The molecule has 646 valence electrons. The molecule has 0 aromatic heterocycles. The third-order valence-corrected chi connectivity index (χ3v) is 19.5. The number of thioether (sulfide) groups is 1. The number of hydrogen-bond donors (Lipinski definition) is 20. The number of likely N-dealkylation sites (tertiary alicyclic amines) is 1. The molecule has 3 aromatic carbocycles. The first-order valence-corrected chi connectivity index (χ1v) is 40.5. The number of amides is 13. The van der Waals surface area contributed by atoms with E-state index in [4.69, 9.17) is 17.2 Å². The first kappa shape index (κ1) is 98.4.